The first-order valence-corrected chi connectivity index (χ1v) is 11.2. The monoisotopic (exact) mass is 422 g/mol. The highest BCUT2D eigenvalue weighted by Gasteiger charge is 2.28. The van der Waals surface area contributed by atoms with Crippen molar-refractivity contribution in [3.05, 3.63) is 120 Å². The number of nitrogens with zero attached hydrogens (tertiary/aromatic N) is 4. The lowest BCUT2D eigenvalue weighted by Crippen LogP contribution is -2.39. The Labute approximate surface area is 188 Å². The van der Waals surface area contributed by atoms with Crippen molar-refractivity contribution < 1.29 is 4.79 Å². The Morgan fingerprint density at radius 2 is 1.44 bits per heavy atom. The van der Waals surface area contributed by atoms with Crippen molar-refractivity contribution >= 4 is 5.91 Å². The van der Waals surface area contributed by atoms with E-state index in [0.717, 1.165) is 37.1 Å². The van der Waals surface area contributed by atoms with Gasteiger partial charge in [-0.05, 0) is 29.5 Å². The summed E-state index contributed by atoms with van der Waals surface area (Å²) in [5, 5.41) is 8.66. The van der Waals surface area contributed by atoms with Gasteiger partial charge in [0.2, 0.25) is 0 Å². The summed E-state index contributed by atoms with van der Waals surface area (Å²) in [6, 6.07) is 30.7. The molecule has 2 heterocycles. The molecule has 1 atom stereocenters. The molecule has 0 unspecified atom stereocenters. The minimum absolute atomic E-state index is 0.0447. The summed E-state index contributed by atoms with van der Waals surface area (Å²) >= 11 is 0. The lowest BCUT2D eigenvalue weighted by molar-refractivity contribution is 0.0701. The number of carbonyl (C=O) groups excluding carboxylic acids is 1. The Morgan fingerprint density at radius 1 is 0.844 bits per heavy atom. The van der Waals surface area contributed by atoms with Gasteiger partial charge in [0.15, 0.2) is 5.69 Å². The second-order valence-corrected chi connectivity index (χ2v) is 8.31. The Bertz CT molecular complexity index is 1120. The first-order valence-electron chi connectivity index (χ1n) is 11.2. The van der Waals surface area contributed by atoms with E-state index < -0.39 is 0 Å². The summed E-state index contributed by atoms with van der Waals surface area (Å²) in [4.78, 5) is 15.2. The molecule has 1 aliphatic heterocycles. The van der Waals surface area contributed by atoms with Crippen LogP contribution in [0.15, 0.2) is 97.2 Å². The van der Waals surface area contributed by atoms with Gasteiger partial charge in [-0.15, -0.1) is 5.10 Å². The van der Waals surface area contributed by atoms with Gasteiger partial charge in [-0.25, -0.2) is 4.68 Å². The van der Waals surface area contributed by atoms with E-state index >= 15 is 0 Å². The standard InChI is InChI=1S/C27H26N4O/c32-27(30-18-10-17-24(19-30)21-11-4-1-5-12-21)25-20-31(29-28-25)26(22-13-6-2-7-14-22)23-15-8-3-9-16-23/h1-9,11-16,20,24,26H,10,17-19H2/t24-/m0/s1. The molecule has 32 heavy (non-hydrogen) atoms. The molecule has 5 nitrogen and oxygen atoms in total. The molecule has 1 amide bonds. The summed E-state index contributed by atoms with van der Waals surface area (Å²) in [5.41, 5.74) is 3.90. The Balaban J connectivity index is 1.40. The normalized spacial score (nSPS) is 16.3. The molecular weight excluding hydrogens is 396 g/mol. The molecule has 1 saturated heterocycles. The predicted octanol–water partition coefficient (Wildman–Crippen LogP) is 4.94. The van der Waals surface area contributed by atoms with E-state index in [0.29, 0.717) is 11.6 Å². The number of rotatable bonds is 5. The van der Waals surface area contributed by atoms with E-state index in [2.05, 4.69) is 58.8 Å². The van der Waals surface area contributed by atoms with Crippen LogP contribution in [-0.4, -0.2) is 38.9 Å². The molecule has 160 valence electrons. The largest absolute Gasteiger partial charge is 0.337 e. The van der Waals surface area contributed by atoms with Gasteiger partial charge in [0, 0.05) is 19.0 Å². The number of hydrogen-bond acceptors (Lipinski definition) is 3. The van der Waals surface area contributed by atoms with Crippen LogP contribution in [0.25, 0.3) is 0 Å². The molecule has 1 fully saturated rings. The topological polar surface area (TPSA) is 51.0 Å². The fourth-order valence-electron chi connectivity index (χ4n) is 4.59. The van der Waals surface area contributed by atoms with Crippen molar-refractivity contribution in [1.82, 2.24) is 19.9 Å². The van der Waals surface area contributed by atoms with E-state index in [4.69, 9.17) is 0 Å². The predicted molar refractivity (Wildman–Crippen MR) is 124 cm³/mol. The van der Waals surface area contributed by atoms with Crippen molar-refractivity contribution in [2.75, 3.05) is 13.1 Å². The average Bonchev–Trinajstić information content (AvgIpc) is 3.35. The molecule has 0 bridgehead atoms. The van der Waals surface area contributed by atoms with Gasteiger partial charge in [-0.1, -0.05) is 96.2 Å². The van der Waals surface area contributed by atoms with Crippen LogP contribution in [0.5, 0.6) is 0 Å². The Morgan fingerprint density at radius 3 is 2.06 bits per heavy atom. The highest BCUT2D eigenvalue weighted by Crippen LogP contribution is 2.28. The molecule has 3 aromatic carbocycles. The smallest absolute Gasteiger partial charge is 0.276 e. The Kier molecular flexibility index (Phi) is 5.79. The third-order valence-electron chi connectivity index (χ3n) is 6.20. The third-order valence-corrected chi connectivity index (χ3v) is 6.20. The lowest BCUT2D eigenvalue weighted by atomic mass is 9.90. The fraction of sp³-hybridized carbons (Fsp3) is 0.222. The number of piperidine rings is 1. The minimum atomic E-state index is -0.134. The molecule has 0 spiro atoms. The lowest BCUT2D eigenvalue weighted by Gasteiger charge is -2.32. The maximum atomic E-state index is 13.3. The van der Waals surface area contributed by atoms with E-state index in [1.54, 1.807) is 10.9 Å². The molecule has 0 saturated carbocycles. The van der Waals surface area contributed by atoms with E-state index in [-0.39, 0.29) is 11.9 Å². The Hall–Kier alpha value is -3.73. The number of benzene rings is 3. The molecule has 0 radical (unpaired) electrons. The van der Waals surface area contributed by atoms with Gasteiger partial charge in [0.1, 0.15) is 6.04 Å². The summed E-state index contributed by atoms with van der Waals surface area (Å²) in [6.45, 7) is 1.48. The van der Waals surface area contributed by atoms with Crippen LogP contribution in [0.1, 0.15) is 52.0 Å². The number of likely N-dealkylation sites (tertiary alicyclic amines) is 1. The molecule has 0 aliphatic carbocycles. The van der Waals surface area contributed by atoms with Crippen LogP contribution in [0.3, 0.4) is 0 Å². The first-order chi connectivity index (χ1) is 15.8. The molecule has 5 rings (SSSR count). The summed E-state index contributed by atoms with van der Waals surface area (Å²) in [6.07, 6.45) is 3.89. The van der Waals surface area contributed by atoms with Crippen LogP contribution in [0, 0.1) is 0 Å². The van der Waals surface area contributed by atoms with Gasteiger partial charge in [0.05, 0.1) is 6.20 Å². The number of hydrogen-bond donors (Lipinski definition) is 0. The van der Waals surface area contributed by atoms with Gasteiger partial charge < -0.3 is 4.90 Å². The zero-order chi connectivity index (χ0) is 21.8. The quantitative estimate of drug-likeness (QED) is 0.458. The van der Waals surface area contributed by atoms with Crippen LogP contribution in [0.4, 0.5) is 0 Å². The highest BCUT2D eigenvalue weighted by atomic mass is 16.2. The van der Waals surface area contributed by atoms with Gasteiger partial charge in [-0.3, -0.25) is 4.79 Å². The molecule has 4 aromatic rings. The number of carbonyl (C=O) groups is 1. The van der Waals surface area contributed by atoms with Gasteiger partial charge in [0.25, 0.3) is 5.91 Å². The molecule has 5 heteroatoms. The van der Waals surface area contributed by atoms with Gasteiger partial charge in [-0.2, -0.15) is 0 Å². The molecule has 1 aromatic heterocycles. The van der Waals surface area contributed by atoms with Crippen molar-refractivity contribution in [1.29, 1.82) is 0 Å². The number of amides is 1. The van der Waals surface area contributed by atoms with Crippen LogP contribution < -0.4 is 0 Å². The molecule has 0 N–H and O–H groups in total. The zero-order valence-electron chi connectivity index (χ0n) is 17.9. The molecule has 1 aliphatic rings. The van der Waals surface area contributed by atoms with Crippen molar-refractivity contribution in [3.8, 4) is 0 Å². The maximum Gasteiger partial charge on any atom is 0.276 e. The third kappa shape index (κ3) is 4.19. The highest BCUT2D eigenvalue weighted by molar-refractivity contribution is 5.92. The van der Waals surface area contributed by atoms with Crippen LogP contribution >= 0.6 is 0 Å². The van der Waals surface area contributed by atoms with Crippen LogP contribution in [0.2, 0.25) is 0 Å². The van der Waals surface area contributed by atoms with Gasteiger partial charge >= 0.3 is 0 Å². The maximum absolute atomic E-state index is 13.3. The molecular formula is C27H26N4O. The van der Waals surface area contributed by atoms with Crippen molar-refractivity contribution in [2.24, 2.45) is 0 Å². The zero-order valence-corrected chi connectivity index (χ0v) is 17.9. The van der Waals surface area contributed by atoms with E-state index in [9.17, 15) is 4.79 Å². The van der Waals surface area contributed by atoms with E-state index in [1.807, 2.05) is 47.4 Å². The van der Waals surface area contributed by atoms with Crippen molar-refractivity contribution in [3.63, 3.8) is 0 Å². The number of aromatic nitrogens is 3. The fourth-order valence-corrected chi connectivity index (χ4v) is 4.59. The minimum Gasteiger partial charge on any atom is -0.337 e. The SMILES string of the molecule is O=C(c1cn(C(c2ccccc2)c2ccccc2)nn1)N1CCC[C@H](c2ccccc2)C1. The summed E-state index contributed by atoms with van der Waals surface area (Å²) in [7, 11) is 0. The van der Waals surface area contributed by atoms with Crippen molar-refractivity contribution in [2.45, 2.75) is 24.8 Å². The summed E-state index contributed by atoms with van der Waals surface area (Å²) in [5.74, 6) is 0.321. The van der Waals surface area contributed by atoms with E-state index in [1.165, 1.54) is 5.56 Å². The average molecular weight is 423 g/mol. The summed E-state index contributed by atoms with van der Waals surface area (Å²) < 4.78 is 1.80. The van der Waals surface area contributed by atoms with Crippen LogP contribution in [-0.2, 0) is 0 Å². The first kappa shape index (κ1) is 20.2. The second-order valence-electron chi connectivity index (χ2n) is 8.31. The second kappa shape index (κ2) is 9.18.